The monoisotopic (exact) mass is 419 g/mol. The van der Waals surface area contributed by atoms with Crippen molar-refractivity contribution in [3.05, 3.63) is 78.1 Å². The third kappa shape index (κ3) is 4.11. The standard InChI is InChI=1S/C23H21N3O3S/c1-28-18-10-11-19(29-2)22-21(18)25-23(30-22)26(15-17-9-6-12-24-14-17)20(27)13-16-7-4-3-5-8-16/h3-12,14H,13,15H2,1-2H3. The number of pyridine rings is 1. The maximum absolute atomic E-state index is 13.3. The Morgan fingerprint density at radius 3 is 2.40 bits per heavy atom. The van der Waals surface area contributed by atoms with Crippen molar-refractivity contribution >= 4 is 32.6 Å². The largest absolute Gasteiger partial charge is 0.495 e. The molecular formula is C23H21N3O3S. The molecule has 0 aliphatic carbocycles. The number of rotatable bonds is 7. The Morgan fingerprint density at radius 1 is 0.967 bits per heavy atom. The van der Waals surface area contributed by atoms with Crippen molar-refractivity contribution < 1.29 is 14.3 Å². The molecule has 7 heteroatoms. The molecule has 152 valence electrons. The SMILES string of the molecule is COc1ccc(OC)c2sc(N(Cc3cccnc3)C(=O)Cc3ccccc3)nc12. The highest BCUT2D eigenvalue weighted by Crippen LogP contribution is 2.40. The predicted molar refractivity (Wildman–Crippen MR) is 118 cm³/mol. The molecule has 0 aliphatic heterocycles. The number of benzene rings is 2. The third-order valence-electron chi connectivity index (χ3n) is 4.69. The number of methoxy groups -OCH3 is 2. The van der Waals surface area contributed by atoms with Crippen molar-refractivity contribution in [3.8, 4) is 11.5 Å². The van der Waals surface area contributed by atoms with Crippen LogP contribution in [-0.4, -0.2) is 30.1 Å². The molecule has 0 radical (unpaired) electrons. The second kappa shape index (κ2) is 8.92. The van der Waals surface area contributed by atoms with E-state index in [9.17, 15) is 4.79 Å². The van der Waals surface area contributed by atoms with Crippen LogP contribution >= 0.6 is 11.3 Å². The third-order valence-corrected chi connectivity index (χ3v) is 5.79. The zero-order valence-corrected chi connectivity index (χ0v) is 17.6. The van der Waals surface area contributed by atoms with Crippen LogP contribution in [0.3, 0.4) is 0 Å². The highest BCUT2D eigenvalue weighted by molar-refractivity contribution is 7.22. The summed E-state index contributed by atoms with van der Waals surface area (Å²) in [6, 6.07) is 17.2. The van der Waals surface area contributed by atoms with E-state index in [0.717, 1.165) is 15.8 Å². The van der Waals surface area contributed by atoms with Crippen LogP contribution in [0.1, 0.15) is 11.1 Å². The number of anilines is 1. The Hall–Kier alpha value is -3.45. The van der Waals surface area contributed by atoms with Gasteiger partial charge in [-0.15, -0.1) is 0 Å². The smallest absolute Gasteiger partial charge is 0.233 e. The number of amides is 1. The fourth-order valence-electron chi connectivity index (χ4n) is 3.19. The van der Waals surface area contributed by atoms with E-state index in [2.05, 4.69) is 4.98 Å². The molecule has 6 nitrogen and oxygen atoms in total. The quantitative estimate of drug-likeness (QED) is 0.442. The van der Waals surface area contributed by atoms with Crippen molar-refractivity contribution in [1.82, 2.24) is 9.97 Å². The first-order chi connectivity index (χ1) is 14.7. The minimum atomic E-state index is -0.0398. The molecule has 0 saturated heterocycles. The lowest BCUT2D eigenvalue weighted by Crippen LogP contribution is -2.31. The Kier molecular flexibility index (Phi) is 5.90. The molecule has 0 unspecified atom stereocenters. The second-order valence-corrected chi connectivity index (χ2v) is 7.63. The van der Waals surface area contributed by atoms with Crippen LogP contribution in [0.15, 0.2) is 67.0 Å². The summed E-state index contributed by atoms with van der Waals surface area (Å²) in [6.07, 6.45) is 3.76. The zero-order valence-electron chi connectivity index (χ0n) is 16.7. The van der Waals surface area contributed by atoms with Gasteiger partial charge in [0.2, 0.25) is 5.91 Å². The summed E-state index contributed by atoms with van der Waals surface area (Å²) in [4.78, 5) is 23.9. The Bertz CT molecular complexity index is 1110. The molecule has 30 heavy (non-hydrogen) atoms. The summed E-state index contributed by atoms with van der Waals surface area (Å²) < 4.78 is 11.8. The molecule has 0 bridgehead atoms. The molecule has 0 spiro atoms. The topological polar surface area (TPSA) is 64.6 Å². The van der Waals surface area contributed by atoms with Crippen LogP contribution in [0, 0.1) is 0 Å². The first-order valence-corrected chi connectivity index (χ1v) is 10.3. The van der Waals surface area contributed by atoms with Crippen LogP contribution in [0.5, 0.6) is 11.5 Å². The number of nitrogens with zero attached hydrogens (tertiary/aromatic N) is 3. The van der Waals surface area contributed by atoms with E-state index in [0.29, 0.717) is 28.7 Å². The van der Waals surface area contributed by atoms with Crippen LogP contribution in [0.4, 0.5) is 5.13 Å². The number of hydrogen-bond donors (Lipinski definition) is 0. The minimum Gasteiger partial charge on any atom is -0.495 e. The van der Waals surface area contributed by atoms with Crippen LogP contribution < -0.4 is 14.4 Å². The van der Waals surface area contributed by atoms with Gasteiger partial charge in [-0.1, -0.05) is 47.7 Å². The number of thiazole rings is 1. The molecule has 0 saturated carbocycles. The average Bonchev–Trinajstić information content (AvgIpc) is 3.23. The number of ether oxygens (including phenoxy) is 2. The van der Waals surface area contributed by atoms with E-state index >= 15 is 0 Å². The van der Waals surface area contributed by atoms with Crippen LogP contribution in [-0.2, 0) is 17.8 Å². The van der Waals surface area contributed by atoms with Gasteiger partial charge in [0.05, 0.1) is 27.2 Å². The molecule has 2 aromatic carbocycles. The van der Waals surface area contributed by atoms with E-state index in [1.807, 2.05) is 54.6 Å². The maximum Gasteiger partial charge on any atom is 0.233 e. The van der Waals surface area contributed by atoms with Crippen LogP contribution in [0.2, 0.25) is 0 Å². The molecule has 1 amide bonds. The second-order valence-electron chi connectivity index (χ2n) is 6.65. The van der Waals surface area contributed by atoms with E-state index < -0.39 is 0 Å². The van der Waals surface area contributed by atoms with Gasteiger partial charge in [-0.3, -0.25) is 14.7 Å². The van der Waals surface area contributed by atoms with E-state index in [1.165, 1.54) is 11.3 Å². The lowest BCUT2D eigenvalue weighted by molar-refractivity contribution is -0.118. The van der Waals surface area contributed by atoms with Crippen molar-refractivity contribution in [2.75, 3.05) is 19.1 Å². The van der Waals surface area contributed by atoms with Crippen molar-refractivity contribution in [1.29, 1.82) is 0 Å². The van der Waals surface area contributed by atoms with Gasteiger partial charge in [-0.05, 0) is 29.3 Å². The Balaban J connectivity index is 1.76. The summed E-state index contributed by atoms with van der Waals surface area (Å²) in [5, 5.41) is 0.595. The van der Waals surface area contributed by atoms with E-state index in [1.54, 1.807) is 31.5 Å². The molecule has 0 N–H and O–H groups in total. The normalized spacial score (nSPS) is 10.7. The number of carbonyl (C=O) groups excluding carboxylic acids is 1. The lowest BCUT2D eigenvalue weighted by atomic mass is 10.1. The first kappa shape index (κ1) is 19.8. The Morgan fingerprint density at radius 2 is 1.70 bits per heavy atom. The molecule has 0 aliphatic rings. The van der Waals surface area contributed by atoms with Crippen molar-refractivity contribution in [2.24, 2.45) is 0 Å². The maximum atomic E-state index is 13.3. The summed E-state index contributed by atoms with van der Waals surface area (Å²) in [7, 11) is 3.23. The number of carbonyl (C=O) groups is 1. The molecule has 2 heterocycles. The van der Waals surface area contributed by atoms with Gasteiger partial charge in [0.25, 0.3) is 0 Å². The first-order valence-electron chi connectivity index (χ1n) is 9.44. The zero-order chi connectivity index (χ0) is 20.9. The summed E-state index contributed by atoms with van der Waals surface area (Å²) in [5.74, 6) is 1.30. The van der Waals surface area contributed by atoms with Gasteiger partial charge in [0.15, 0.2) is 5.13 Å². The number of fused-ring (bicyclic) bond motifs is 1. The molecule has 4 aromatic rings. The van der Waals surface area contributed by atoms with Gasteiger partial charge in [-0.2, -0.15) is 0 Å². The van der Waals surface area contributed by atoms with Crippen molar-refractivity contribution in [2.45, 2.75) is 13.0 Å². The summed E-state index contributed by atoms with van der Waals surface area (Å²) >= 11 is 1.41. The fraction of sp³-hybridized carbons (Fsp3) is 0.174. The van der Waals surface area contributed by atoms with E-state index in [4.69, 9.17) is 14.5 Å². The highest BCUT2D eigenvalue weighted by Gasteiger charge is 2.23. The minimum absolute atomic E-state index is 0.0398. The van der Waals surface area contributed by atoms with Gasteiger partial charge >= 0.3 is 0 Å². The molecule has 4 rings (SSSR count). The van der Waals surface area contributed by atoms with Gasteiger partial charge in [0.1, 0.15) is 21.7 Å². The molecular weight excluding hydrogens is 398 g/mol. The summed E-state index contributed by atoms with van der Waals surface area (Å²) in [6.45, 7) is 0.379. The summed E-state index contributed by atoms with van der Waals surface area (Å²) in [5.41, 5.74) is 2.56. The van der Waals surface area contributed by atoms with E-state index in [-0.39, 0.29) is 12.3 Å². The average molecular weight is 420 g/mol. The van der Waals surface area contributed by atoms with Gasteiger partial charge < -0.3 is 9.47 Å². The molecule has 2 aromatic heterocycles. The molecule has 0 fully saturated rings. The number of aromatic nitrogens is 2. The lowest BCUT2D eigenvalue weighted by Gasteiger charge is -2.20. The Labute approximate surface area is 178 Å². The molecule has 0 atom stereocenters. The highest BCUT2D eigenvalue weighted by atomic mass is 32.1. The van der Waals surface area contributed by atoms with Gasteiger partial charge in [0, 0.05) is 12.4 Å². The van der Waals surface area contributed by atoms with Crippen molar-refractivity contribution in [3.63, 3.8) is 0 Å². The predicted octanol–water partition coefficient (Wildman–Crippen LogP) is 4.48. The number of hydrogen-bond acceptors (Lipinski definition) is 6. The van der Waals surface area contributed by atoms with Crippen LogP contribution in [0.25, 0.3) is 10.2 Å². The fourth-order valence-corrected chi connectivity index (χ4v) is 4.28. The van der Waals surface area contributed by atoms with Gasteiger partial charge in [-0.25, -0.2) is 4.98 Å².